The number of nitrogens with zero attached hydrogens (tertiary/aromatic N) is 2. The second-order valence-electron chi connectivity index (χ2n) is 8.72. The molecule has 4 rings (SSSR count). The summed E-state index contributed by atoms with van der Waals surface area (Å²) in [7, 11) is 0. The number of benzene rings is 2. The van der Waals surface area contributed by atoms with Crippen molar-refractivity contribution < 1.29 is 27.8 Å². The highest BCUT2D eigenvalue weighted by Crippen LogP contribution is 2.27. The van der Waals surface area contributed by atoms with Gasteiger partial charge in [-0.05, 0) is 49.6 Å². The molecule has 2 aliphatic heterocycles. The zero-order valence-corrected chi connectivity index (χ0v) is 19.3. The Hall–Kier alpha value is -3.16. The van der Waals surface area contributed by atoms with Crippen molar-refractivity contribution in [2.24, 2.45) is 0 Å². The zero-order valence-electron chi connectivity index (χ0n) is 19.3. The van der Waals surface area contributed by atoms with Gasteiger partial charge in [-0.15, -0.1) is 0 Å². The number of anilines is 2. The summed E-state index contributed by atoms with van der Waals surface area (Å²) in [5, 5.41) is 0. The van der Waals surface area contributed by atoms with Crippen molar-refractivity contribution in [2.45, 2.75) is 44.6 Å². The summed E-state index contributed by atoms with van der Waals surface area (Å²) >= 11 is 0. The van der Waals surface area contributed by atoms with E-state index in [1.165, 1.54) is 0 Å². The quantitative estimate of drug-likeness (QED) is 0.538. The maximum absolute atomic E-state index is 13.5. The van der Waals surface area contributed by atoms with Gasteiger partial charge in [0.1, 0.15) is 12.3 Å². The summed E-state index contributed by atoms with van der Waals surface area (Å²) in [4.78, 5) is 29.1. The standard InChI is InChI=1S/C26H30F2N2O4/c1-2-33-26(32)25(19-5-9-23(10-6-19)30-14-12-21(28)17-30)34-24(31)15-18-3-7-22(8-4-18)29-13-11-20(27)16-29/h3-10,20-21,25H,2,11-17H2,1H3/t20-,21-,25-/m0/s1. The van der Waals surface area contributed by atoms with Gasteiger partial charge in [0.15, 0.2) is 0 Å². The summed E-state index contributed by atoms with van der Waals surface area (Å²) in [6, 6.07) is 14.4. The Labute approximate surface area is 198 Å². The third-order valence-corrected chi connectivity index (χ3v) is 6.22. The van der Waals surface area contributed by atoms with Crippen molar-refractivity contribution in [3.8, 4) is 0 Å². The Kier molecular flexibility index (Phi) is 7.65. The van der Waals surface area contributed by atoms with Crippen LogP contribution in [0.5, 0.6) is 0 Å². The molecule has 2 heterocycles. The molecule has 8 heteroatoms. The summed E-state index contributed by atoms with van der Waals surface area (Å²) in [6.07, 6.45) is -1.80. The minimum atomic E-state index is -1.18. The van der Waals surface area contributed by atoms with Crippen LogP contribution in [0.25, 0.3) is 0 Å². The van der Waals surface area contributed by atoms with E-state index in [9.17, 15) is 18.4 Å². The molecule has 2 aromatic carbocycles. The van der Waals surface area contributed by atoms with Crippen molar-refractivity contribution in [1.82, 2.24) is 0 Å². The van der Waals surface area contributed by atoms with Crippen LogP contribution in [-0.4, -0.2) is 57.1 Å². The summed E-state index contributed by atoms with van der Waals surface area (Å²) in [5.41, 5.74) is 3.00. The molecule has 182 valence electrons. The Morgan fingerprint density at radius 2 is 1.44 bits per heavy atom. The fourth-order valence-corrected chi connectivity index (χ4v) is 4.40. The predicted molar refractivity (Wildman–Crippen MR) is 126 cm³/mol. The highest BCUT2D eigenvalue weighted by atomic mass is 19.1. The lowest BCUT2D eigenvalue weighted by Crippen LogP contribution is -2.23. The lowest BCUT2D eigenvalue weighted by atomic mass is 10.1. The molecular weight excluding hydrogens is 442 g/mol. The molecule has 0 aliphatic carbocycles. The van der Waals surface area contributed by atoms with Crippen molar-refractivity contribution >= 4 is 23.3 Å². The molecule has 0 saturated carbocycles. The SMILES string of the molecule is CCOC(=O)[C@@H](OC(=O)Cc1ccc(N2CC[C@H](F)C2)cc1)c1ccc(N2CC[C@H](F)C2)cc1. The molecule has 0 N–H and O–H groups in total. The third kappa shape index (κ3) is 5.85. The van der Waals surface area contributed by atoms with Gasteiger partial charge in [0.2, 0.25) is 6.10 Å². The number of hydrogen-bond donors (Lipinski definition) is 0. The Bertz CT molecular complexity index is 983. The minimum Gasteiger partial charge on any atom is -0.463 e. The second-order valence-corrected chi connectivity index (χ2v) is 8.72. The smallest absolute Gasteiger partial charge is 0.352 e. The molecule has 0 spiro atoms. The predicted octanol–water partition coefficient (Wildman–Crippen LogP) is 4.17. The molecule has 2 fully saturated rings. The fourth-order valence-electron chi connectivity index (χ4n) is 4.40. The zero-order chi connectivity index (χ0) is 24.1. The molecular formula is C26H30F2N2O4. The number of carbonyl (C=O) groups excluding carboxylic acids is 2. The molecule has 34 heavy (non-hydrogen) atoms. The Morgan fingerprint density at radius 3 is 1.91 bits per heavy atom. The number of carbonyl (C=O) groups is 2. The first-order valence-corrected chi connectivity index (χ1v) is 11.8. The molecule has 0 bridgehead atoms. The third-order valence-electron chi connectivity index (χ3n) is 6.22. The molecule has 2 aliphatic rings. The van der Waals surface area contributed by atoms with Crippen molar-refractivity contribution in [2.75, 3.05) is 42.6 Å². The number of ether oxygens (including phenoxy) is 2. The lowest BCUT2D eigenvalue weighted by Gasteiger charge is -2.20. The van der Waals surface area contributed by atoms with Gasteiger partial charge in [0.25, 0.3) is 0 Å². The van der Waals surface area contributed by atoms with E-state index in [0.29, 0.717) is 44.6 Å². The van der Waals surface area contributed by atoms with Crippen molar-refractivity contribution in [1.29, 1.82) is 0 Å². The normalized spacial score (nSPS) is 20.9. The van der Waals surface area contributed by atoms with Crippen LogP contribution in [0.15, 0.2) is 48.5 Å². The molecule has 0 radical (unpaired) electrons. The molecule has 0 aromatic heterocycles. The second kappa shape index (κ2) is 10.8. The molecule has 6 nitrogen and oxygen atoms in total. The molecule has 0 unspecified atom stereocenters. The average molecular weight is 473 g/mol. The van der Waals surface area contributed by atoms with E-state index in [-0.39, 0.29) is 13.0 Å². The largest absolute Gasteiger partial charge is 0.463 e. The van der Waals surface area contributed by atoms with Crippen LogP contribution in [0.4, 0.5) is 20.2 Å². The van der Waals surface area contributed by atoms with Crippen molar-refractivity contribution in [3.05, 3.63) is 59.7 Å². The lowest BCUT2D eigenvalue weighted by molar-refractivity contribution is -0.167. The number of alkyl halides is 2. The van der Waals surface area contributed by atoms with Crippen molar-refractivity contribution in [3.63, 3.8) is 0 Å². The highest BCUT2D eigenvalue weighted by Gasteiger charge is 2.28. The van der Waals surface area contributed by atoms with E-state index >= 15 is 0 Å². The maximum atomic E-state index is 13.5. The first-order chi connectivity index (χ1) is 16.4. The average Bonchev–Trinajstić information content (AvgIpc) is 3.46. The van der Waals surface area contributed by atoms with E-state index in [1.54, 1.807) is 31.2 Å². The number of esters is 2. The van der Waals surface area contributed by atoms with Gasteiger partial charge in [-0.25, -0.2) is 13.6 Å². The summed E-state index contributed by atoms with van der Waals surface area (Å²) < 4.78 is 37.6. The van der Waals surface area contributed by atoms with E-state index in [4.69, 9.17) is 9.47 Å². The Balaban J connectivity index is 1.40. The number of rotatable bonds is 8. The summed E-state index contributed by atoms with van der Waals surface area (Å²) in [6.45, 7) is 3.90. The van der Waals surface area contributed by atoms with Gasteiger partial charge in [-0.1, -0.05) is 24.3 Å². The first-order valence-electron chi connectivity index (χ1n) is 11.8. The van der Waals surface area contributed by atoms with Crippen LogP contribution < -0.4 is 9.80 Å². The van der Waals surface area contributed by atoms with Gasteiger partial charge < -0.3 is 19.3 Å². The molecule has 3 atom stereocenters. The first kappa shape index (κ1) is 24.0. The van der Waals surface area contributed by atoms with Gasteiger partial charge in [-0.3, -0.25) is 4.79 Å². The maximum Gasteiger partial charge on any atom is 0.352 e. The van der Waals surface area contributed by atoms with Gasteiger partial charge >= 0.3 is 11.9 Å². The van der Waals surface area contributed by atoms with E-state index in [2.05, 4.69) is 0 Å². The van der Waals surface area contributed by atoms with Crippen LogP contribution >= 0.6 is 0 Å². The van der Waals surface area contributed by atoms with Crippen LogP contribution in [0.1, 0.15) is 37.0 Å². The minimum absolute atomic E-state index is 0.00826. The number of halogens is 2. The fraction of sp³-hybridized carbons (Fsp3) is 0.462. The topological polar surface area (TPSA) is 59.1 Å². The van der Waals surface area contributed by atoms with Gasteiger partial charge in [0, 0.05) is 43.1 Å². The monoisotopic (exact) mass is 472 g/mol. The summed E-state index contributed by atoms with van der Waals surface area (Å²) in [5.74, 6) is -1.20. The molecule has 0 amide bonds. The molecule has 2 saturated heterocycles. The van der Waals surface area contributed by atoms with Crippen LogP contribution in [-0.2, 0) is 25.5 Å². The highest BCUT2D eigenvalue weighted by molar-refractivity contribution is 5.82. The Morgan fingerprint density at radius 1 is 0.912 bits per heavy atom. The van der Waals surface area contributed by atoms with Crippen LogP contribution in [0.2, 0.25) is 0 Å². The van der Waals surface area contributed by atoms with E-state index in [1.807, 2.05) is 34.1 Å². The van der Waals surface area contributed by atoms with Gasteiger partial charge in [0.05, 0.1) is 13.0 Å². The van der Waals surface area contributed by atoms with Gasteiger partial charge in [-0.2, -0.15) is 0 Å². The van der Waals surface area contributed by atoms with Crippen LogP contribution in [0.3, 0.4) is 0 Å². The van der Waals surface area contributed by atoms with E-state index in [0.717, 1.165) is 16.9 Å². The van der Waals surface area contributed by atoms with E-state index < -0.39 is 30.4 Å². The number of hydrogen-bond acceptors (Lipinski definition) is 6. The molecule has 2 aromatic rings. The van der Waals surface area contributed by atoms with Crippen LogP contribution in [0, 0.1) is 0 Å².